The first-order valence-electron chi connectivity index (χ1n) is 11.5. The Morgan fingerprint density at radius 1 is 1.12 bits per heavy atom. The third-order valence-electron chi connectivity index (χ3n) is 6.72. The van der Waals surface area contributed by atoms with Crippen LogP contribution in [0, 0.1) is 18.3 Å². The summed E-state index contributed by atoms with van der Waals surface area (Å²) in [5.74, 6) is 1.35. The molecule has 176 valence electrons. The van der Waals surface area contributed by atoms with Crippen LogP contribution in [0.3, 0.4) is 0 Å². The minimum Gasteiger partial charge on any atom is -0.497 e. The highest BCUT2D eigenvalue weighted by molar-refractivity contribution is 5.81. The molecular weight excluding hydrogens is 431 g/mol. The summed E-state index contributed by atoms with van der Waals surface area (Å²) in [6, 6.07) is 11.6. The van der Waals surface area contributed by atoms with Crippen LogP contribution in [-0.2, 0) is 13.5 Å². The maximum atomic E-state index is 14.5. The Morgan fingerprint density at radius 2 is 1.79 bits per heavy atom. The molecule has 2 aromatic carbocycles. The normalized spacial score (nSPS) is 14.7. The van der Waals surface area contributed by atoms with Crippen molar-refractivity contribution in [2.75, 3.05) is 27.2 Å². The van der Waals surface area contributed by atoms with Crippen LogP contribution in [0.15, 0.2) is 47.3 Å². The summed E-state index contributed by atoms with van der Waals surface area (Å²) in [5, 5.41) is 0. The summed E-state index contributed by atoms with van der Waals surface area (Å²) in [6.45, 7) is 9.31. The first-order chi connectivity index (χ1) is 16.4. The van der Waals surface area contributed by atoms with Gasteiger partial charge in [0.05, 0.1) is 24.9 Å². The number of ether oxygens (including phenoxy) is 1. The molecule has 2 heterocycles. The maximum absolute atomic E-state index is 14.5. The largest absolute Gasteiger partial charge is 0.497 e. The maximum Gasteiger partial charge on any atom is 0.261 e. The molecule has 1 aliphatic rings. The van der Waals surface area contributed by atoms with E-state index in [0.29, 0.717) is 46.3 Å². The average molecular weight is 461 g/mol. The molecule has 4 rings (SSSR count). The lowest BCUT2D eigenvalue weighted by Gasteiger charge is -2.29. The summed E-state index contributed by atoms with van der Waals surface area (Å²) in [5.41, 5.74) is 1.77. The number of nitrogens with zero attached hydrogens (tertiary/aromatic N) is 4. The molecule has 0 atom stereocenters. The van der Waals surface area contributed by atoms with Crippen molar-refractivity contribution in [3.05, 3.63) is 75.9 Å². The van der Waals surface area contributed by atoms with Gasteiger partial charge >= 0.3 is 0 Å². The average Bonchev–Trinajstić information content (AvgIpc) is 2.86. The zero-order valence-corrected chi connectivity index (χ0v) is 19.8. The molecule has 0 bridgehead atoms. The number of hydrogen-bond donors (Lipinski definition) is 0. The highest BCUT2D eigenvalue weighted by Gasteiger charge is 2.21. The van der Waals surface area contributed by atoms with Gasteiger partial charge in [-0.3, -0.25) is 9.36 Å². The van der Waals surface area contributed by atoms with Crippen LogP contribution in [0.1, 0.15) is 25.1 Å². The number of piperidine rings is 1. The molecule has 3 aromatic rings. The number of likely N-dealkylation sites (tertiary alicyclic amines) is 1. The number of halogens is 1. The van der Waals surface area contributed by atoms with Crippen molar-refractivity contribution in [1.82, 2.24) is 14.5 Å². The molecule has 0 unspecified atom stereocenters. The van der Waals surface area contributed by atoms with E-state index in [-0.39, 0.29) is 11.2 Å². The zero-order chi connectivity index (χ0) is 24.2. The molecule has 0 aliphatic carbocycles. The van der Waals surface area contributed by atoms with Crippen molar-refractivity contribution in [2.45, 2.75) is 25.7 Å². The van der Waals surface area contributed by atoms with Gasteiger partial charge in [-0.1, -0.05) is 24.3 Å². The number of methoxy groups -OCH3 is 1. The molecule has 34 heavy (non-hydrogen) atoms. The summed E-state index contributed by atoms with van der Waals surface area (Å²) >= 11 is 0. The van der Waals surface area contributed by atoms with E-state index in [9.17, 15) is 9.18 Å². The van der Waals surface area contributed by atoms with Gasteiger partial charge in [-0.25, -0.2) is 14.2 Å². The predicted molar refractivity (Wildman–Crippen MR) is 132 cm³/mol. The molecular formula is C27H29FN4O2. The van der Waals surface area contributed by atoms with Gasteiger partial charge in [0.15, 0.2) is 0 Å². The summed E-state index contributed by atoms with van der Waals surface area (Å²) in [6.07, 6.45) is 3.92. The van der Waals surface area contributed by atoms with Crippen LogP contribution in [0.5, 0.6) is 5.75 Å². The Morgan fingerprint density at radius 3 is 2.41 bits per heavy atom. The smallest absolute Gasteiger partial charge is 0.261 e. The Bertz CT molecular complexity index is 1270. The number of benzene rings is 2. The van der Waals surface area contributed by atoms with Gasteiger partial charge < -0.3 is 9.64 Å². The van der Waals surface area contributed by atoms with Crippen LogP contribution in [0.4, 0.5) is 10.1 Å². The van der Waals surface area contributed by atoms with E-state index in [1.807, 2.05) is 12.1 Å². The van der Waals surface area contributed by atoms with Crippen molar-refractivity contribution in [3.8, 4) is 28.1 Å². The van der Waals surface area contributed by atoms with Crippen molar-refractivity contribution >= 4 is 5.69 Å². The minimum atomic E-state index is -0.622. The highest BCUT2D eigenvalue weighted by Crippen LogP contribution is 2.32. The molecule has 7 heteroatoms. The van der Waals surface area contributed by atoms with Crippen molar-refractivity contribution in [3.63, 3.8) is 0 Å². The van der Waals surface area contributed by atoms with Crippen LogP contribution in [-0.4, -0.2) is 41.7 Å². The zero-order valence-electron chi connectivity index (χ0n) is 19.8. The molecule has 0 N–H and O–H groups in total. The van der Waals surface area contributed by atoms with Gasteiger partial charge in [0.25, 0.3) is 5.56 Å². The van der Waals surface area contributed by atoms with E-state index in [0.717, 1.165) is 32.4 Å². The number of aromatic nitrogens is 2. The number of aryl methyl sites for hydroxylation is 1. The van der Waals surface area contributed by atoms with E-state index >= 15 is 0 Å². The Kier molecular flexibility index (Phi) is 7.09. The van der Waals surface area contributed by atoms with Crippen LogP contribution < -0.4 is 10.3 Å². The van der Waals surface area contributed by atoms with Crippen molar-refractivity contribution < 1.29 is 9.13 Å². The Hall–Kier alpha value is -3.50. The first-order valence-corrected chi connectivity index (χ1v) is 11.5. The van der Waals surface area contributed by atoms with Crippen LogP contribution >= 0.6 is 0 Å². The summed E-state index contributed by atoms with van der Waals surface area (Å²) in [4.78, 5) is 24.0. The van der Waals surface area contributed by atoms with Gasteiger partial charge in [0.1, 0.15) is 17.4 Å². The van der Waals surface area contributed by atoms with Crippen LogP contribution in [0.25, 0.3) is 27.2 Å². The number of rotatable bonds is 6. The molecule has 1 aromatic heterocycles. The quantitative estimate of drug-likeness (QED) is 0.481. The van der Waals surface area contributed by atoms with Crippen molar-refractivity contribution in [1.29, 1.82) is 0 Å². The standard InChI is InChI=1S/C27H29FN4O2/c1-29-23-11-8-20(17-22(23)28)26-25(19-6-9-21(34-4)10-7-19)27(33)32(3)24(30-26)12-5-18-13-15-31(2)16-14-18/h6-11,17-18H,5,12-16H2,2-4H3. The lowest BCUT2D eigenvalue weighted by Crippen LogP contribution is -2.31. The van der Waals surface area contributed by atoms with E-state index in [1.54, 1.807) is 36.9 Å². The molecule has 0 saturated carbocycles. The van der Waals surface area contributed by atoms with Gasteiger partial charge in [0.2, 0.25) is 5.69 Å². The van der Waals surface area contributed by atoms with Crippen molar-refractivity contribution in [2.24, 2.45) is 13.0 Å². The molecule has 1 saturated heterocycles. The fourth-order valence-corrected chi connectivity index (χ4v) is 4.53. The predicted octanol–water partition coefficient (Wildman–Crippen LogP) is 5.09. The van der Waals surface area contributed by atoms with Gasteiger partial charge in [-0.15, -0.1) is 0 Å². The highest BCUT2D eigenvalue weighted by atomic mass is 19.1. The Labute approximate surface area is 199 Å². The topological polar surface area (TPSA) is 51.7 Å². The van der Waals surface area contributed by atoms with Gasteiger partial charge in [0, 0.05) is 19.0 Å². The molecule has 0 spiro atoms. The third-order valence-corrected chi connectivity index (χ3v) is 6.72. The molecule has 6 nitrogen and oxygen atoms in total. The van der Waals surface area contributed by atoms with E-state index in [2.05, 4.69) is 16.8 Å². The Balaban J connectivity index is 1.78. The van der Waals surface area contributed by atoms with Gasteiger partial charge in [-0.05, 0) is 69.1 Å². The fourth-order valence-electron chi connectivity index (χ4n) is 4.53. The van der Waals surface area contributed by atoms with E-state index in [4.69, 9.17) is 16.3 Å². The number of hydrogen-bond acceptors (Lipinski definition) is 4. The first kappa shape index (κ1) is 23.7. The SMILES string of the molecule is [C-]#[N+]c1ccc(-c2nc(CCC3CCN(C)CC3)n(C)c(=O)c2-c2ccc(OC)cc2)cc1F. The monoisotopic (exact) mass is 460 g/mol. The minimum absolute atomic E-state index is 0.0546. The molecule has 1 fully saturated rings. The fraction of sp³-hybridized carbons (Fsp3) is 0.370. The summed E-state index contributed by atoms with van der Waals surface area (Å²) < 4.78 is 21.4. The van der Waals surface area contributed by atoms with E-state index in [1.165, 1.54) is 12.1 Å². The molecule has 0 radical (unpaired) electrons. The molecule has 1 aliphatic heterocycles. The second-order valence-electron chi connectivity index (χ2n) is 8.91. The second kappa shape index (κ2) is 10.2. The molecule has 0 amide bonds. The third kappa shape index (κ3) is 4.87. The van der Waals surface area contributed by atoms with E-state index < -0.39 is 5.82 Å². The van der Waals surface area contributed by atoms with Crippen LogP contribution in [0.2, 0.25) is 0 Å². The lowest BCUT2D eigenvalue weighted by molar-refractivity contribution is 0.211. The lowest BCUT2D eigenvalue weighted by atomic mass is 9.92. The van der Waals surface area contributed by atoms with Gasteiger partial charge in [-0.2, -0.15) is 0 Å². The summed E-state index contributed by atoms with van der Waals surface area (Å²) in [7, 11) is 5.48. The second-order valence-corrected chi connectivity index (χ2v) is 8.91.